The van der Waals surface area contributed by atoms with Crippen molar-refractivity contribution in [3.8, 4) is 0 Å². The molecule has 3 atom stereocenters. The fourth-order valence-electron chi connectivity index (χ4n) is 5.50. The second kappa shape index (κ2) is 36.8. The number of ether oxygens (including phenoxy) is 2. The first-order valence-electron chi connectivity index (χ1n) is 20.3. The summed E-state index contributed by atoms with van der Waals surface area (Å²) in [4.78, 5) is 34.2. The molecule has 51 heavy (non-hydrogen) atoms. The lowest BCUT2D eigenvalue weighted by atomic mass is 10.1. The van der Waals surface area contributed by atoms with Crippen molar-refractivity contribution >= 4 is 19.8 Å². The SMILES string of the molecule is CCCCCCC/C=C\C/C=C\CCCCCCCCCCCC(=O)OC(CO)COP(=O)(O)OCC(CO)OC(=O)CCCCCCCCC. The van der Waals surface area contributed by atoms with E-state index < -0.39 is 58.4 Å². The van der Waals surface area contributed by atoms with E-state index in [9.17, 15) is 29.3 Å². The van der Waals surface area contributed by atoms with Gasteiger partial charge in [0.2, 0.25) is 0 Å². The zero-order valence-electron chi connectivity index (χ0n) is 32.3. The van der Waals surface area contributed by atoms with Gasteiger partial charge in [0, 0.05) is 12.8 Å². The zero-order valence-corrected chi connectivity index (χ0v) is 33.2. The summed E-state index contributed by atoms with van der Waals surface area (Å²) in [5.41, 5.74) is 0. The van der Waals surface area contributed by atoms with Gasteiger partial charge < -0.3 is 24.6 Å². The van der Waals surface area contributed by atoms with E-state index in [4.69, 9.17) is 18.5 Å². The van der Waals surface area contributed by atoms with Crippen LogP contribution in [0.2, 0.25) is 0 Å². The van der Waals surface area contributed by atoms with Crippen LogP contribution in [-0.2, 0) is 32.7 Å². The van der Waals surface area contributed by atoms with Gasteiger partial charge in [-0.1, -0.05) is 147 Å². The van der Waals surface area contributed by atoms with Crippen molar-refractivity contribution in [3.05, 3.63) is 24.3 Å². The van der Waals surface area contributed by atoms with Crippen LogP contribution in [-0.4, -0.2) is 65.7 Å². The van der Waals surface area contributed by atoms with Gasteiger partial charge in [0.1, 0.15) is 12.2 Å². The quantitative estimate of drug-likeness (QED) is 0.0241. The third kappa shape index (κ3) is 35.3. The average molecular weight is 747 g/mol. The van der Waals surface area contributed by atoms with Crippen LogP contribution >= 0.6 is 7.82 Å². The molecular weight excluding hydrogens is 671 g/mol. The van der Waals surface area contributed by atoms with Crippen molar-refractivity contribution in [3.63, 3.8) is 0 Å². The monoisotopic (exact) mass is 747 g/mol. The van der Waals surface area contributed by atoms with E-state index in [0.29, 0.717) is 12.8 Å². The molecule has 0 aliphatic rings. The Bertz CT molecular complexity index is 910. The Balaban J connectivity index is 3.87. The molecule has 0 saturated carbocycles. The molecule has 0 radical (unpaired) electrons. The molecule has 0 aliphatic heterocycles. The summed E-state index contributed by atoms with van der Waals surface area (Å²) < 4.78 is 32.4. The molecule has 0 amide bonds. The fraction of sp³-hybridized carbons (Fsp3) is 0.850. The highest BCUT2D eigenvalue weighted by Crippen LogP contribution is 2.43. The summed E-state index contributed by atoms with van der Waals surface area (Å²) in [6.45, 7) is 2.13. The molecule has 3 unspecified atom stereocenters. The minimum absolute atomic E-state index is 0.189. The molecule has 10 nitrogen and oxygen atoms in total. The summed E-state index contributed by atoms with van der Waals surface area (Å²) in [6, 6.07) is 0. The number of aliphatic hydroxyl groups excluding tert-OH is 2. The normalized spacial score (nSPS) is 14.2. The standard InChI is InChI=1S/C40H75O10P/c1-3-5-7-9-11-12-13-14-15-16-17-18-19-20-21-22-23-24-26-28-30-32-40(44)50-38(34-42)36-48-51(45,46)47-35-37(33-41)49-39(43)31-29-27-25-10-8-6-4-2/h13-14,16-17,37-38,41-42H,3-12,15,18-36H2,1-2H3,(H,45,46)/b14-13-,17-16-. The predicted molar refractivity (Wildman–Crippen MR) is 205 cm³/mol. The highest BCUT2D eigenvalue weighted by Gasteiger charge is 2.27. The van der Waals surface area contributed by atoms with Crippen molar-refractivity contribution in [1.29, 1.82) is 0 Å². The Morgan fingerprint density at radius 1 is 0.529 bits per heavy atom. The van der Waals surface area contributed by atoms with Crippen LogP contribution in [0.5, 0.6) is 0 Å². The second-order valence-electron chi connectivity index (χ2n) is 13.6. The Kier molecular flexibility index (Phi) is 35.7. The number of phosphoric ester groups is 1. The van der Waals surface area contributed by atoms with Crippen molar-refractivity contribution in [1.82, 2.24) is 0 Å². The molecule has 0 aromatic heterocycles. The van der Waals surface area contributed by atoms with Gasteiger partial charge in [-0.05, 0) is 44.9 Å². The molecule has 0 bridgehead atoms. The summed E-state index contributed by atoms with van der Waals surface area (Å²) >= 11 is 0. The third-order valence-electron chi connectivity index (χ3n) is 8.67. The van der Waals surface area contributed by atoms with Crippen LogP contribution in [0.3, 0.4) is 0 Å². The molecule has 0 spiro atoms. The zero-order chi connectivity index (χ0) is 37.7. The van der Waals surface area contributed by atoms with Gasteiger partial charge in [-0.3, -0.25) is 18.6 Å². The number of unbranched alkanes of at least 4 members (excludes halogenated alkanes) is 20. The van der Waals surface area contributed by atoms with E-state index in [1.165, 1.54) is 89.9 Å². The third-order valence-corrected chi connectivity index (χ3v) is 9.62. The summed E-state index contributed by atoms with van der Waals surface area (Å²) in [5.74, 6) is -1.03. The Hall–Kier alpha value is -1.55. The second-order valence-corrected chi connectivity index (χ2v) is 15.1. The highest BCUT2D eigenvalue weighted by molar-refractivity contribution is 7.47. The number of allylic oxidation sites excluding steroid dienone is 4. The number of hydrogen-bond donors (Lipinski definition) is 3. The van der Waals surface area contributed by atoms with E-state index in [1.807, 2.05) is 0 Å². The van der Waals surface area contributed by atoms with Crippen molar-refractivity contribution in [2.45, 2.75) is 193 Å². The molecule has 300 valence electrons. The largest absolute Gasteiger partial charge is 0.472 e. The molecule has 0 aliphatic carbocycles. The first-order valence-corrected chi connectivity index (χ1v) is 21.8. The maximum atomic E-state index is 12.3. The van der Waals surface area contributed by atoms with Gasteiger partial charge in [0.25, 0.3) is 0 Å². The molecule has 0 fully saturated rings. The molecule has 0 aromatic rings. The number of carbonyl (C=O) groups excluding carboxylic acids is 2. The first kappa shape index (κ1) is 49.5. The van der Waals surface area contributed by atoms with Crippen LogP contribution < -0.4 is 0 Å². The van der Waals surface area contributed by atoms with Gasteiger partial charge >= 0.3 is 19.8 Å². The van der Waals surface area contributed by atoms with Crippen LogP contribution in [0, 0.1) is 0 Å². The summed E-state index contributed by atoms with van der Waals surface area (Å²) in [7, 11) is -4.62. The first-order chi connectivity index (χ1) is 24.8. The number of aliphatic hydroxyl groups is 2. The number of rotatable bonds is 38. The minimum Gasteiger partial charge on any atom is -0.457 e. The lowest BCUT2D eigenvalue weighted by Crippen LogP contribution is -2.28. The molecule has 0 saturated heterocycles. The van der Waals surface area contributed by atoms with E-state index in [0.717, 1.165) is 51.4 Å². The van der Waals surface area contributed by atoms with Crippen LogP contribution in [0.4, 0.5) is 0 Å². The molecular formula is C40H75O10P. The fourth-order valence-corrected chi connectivity index (χ4v) is 6.28. The predicted octanol–water partition coefficient (Wildman–Crippen LogP) is 10.2. The van der Waals surface area contributed by atoms with Crippen LogP contribution in [0.15, 0.2) is 24.3 Å². The van der Waals surface area contributed by atoms with E-state index in [2.05, 4.69) is 38.2 Å². The number of phosphoric acid groups is 1. The molecule has 0 rings (SSSR count). The van der Waals surface area contributed by atoms with Gasteiger partial charge in [0.15, 0.2) is 0 Å². The Morgan fingerprint density at radius 2 is 0.863 bits per heavy atom. The Morgan fingerprint density at radius 3 is 1.22 bits per heavy atom. The van der Waals surface area contributed by atoms with E-state index in [1.54, 1.807) is 0 Å². The topological polar surface area (TPSA) is 149 Å². The van der Waals surface area contributed by atoms with Crippen molar-refractivity contribution < 1.29 is 47.8 Å². The summed E-state index contributed by atoms with van der Waals surface area (Å²) in [6.07, 6.45) is 34.7. The van der Waals surface area contributed by atoms with Crippen LogP contribution in [0.1, 0.15) is 181 Å². The van der Waals surface area contributed by atoms with Gasteiger partial charge in [0.05, 0.1) is 26.4 Å². The van der Waals surface area contributed by atoms with Crippen LogP contribution in [0.25, 0.3) is 0 Å². The highest BCUT2D eigenvalue weighted by atomic mass is 31.2. The average Bonchev–Trinajstić information content (AvgIpc) is 3.12. The van der Waals surface area contributed by atoms with Gasteiger partial charge in [-0.2, -0.15) is 0 Å². The smallest absolute Gasteiger partial charge is 0.457 e. The molecule has 11 heteroatoms. The lowest BCUT2D eigenvalue weighted by molar-refractivity contribution is -0.153. The molecule has 0 heterocycles. The maximum absolute atomic E-state index is 12.3. The minimum atomic E-state index is -4.62. The summed E-state index contributed by atoms with van der Waals surface area (Å²) in [5, 5.41) is 19.0. The number of esters is 2. The lowest BCUT2D eigenvalue weighted by Gasteiger charge is -2.20. The van der Waals surface area contributed by atoms with Gasteiger partial charge in [-0.25, -0.2) is 4.57 Å². The van der Waals surface area contributed by atoms with Crippen molar-refractivity contribution in [2.24, 2.45) is 0 Å². The van der Waals surface area contributed by atoms with Crippen molar-refractivity contribution in [2.75, 3.05) is 26.4 Å². The number of carbonyl (C=O) groups is 2. The van der Waals surface area contributed by atoms with E-state index in [-0.39, 0.29) is 12.8 Å². The molecule has 0 aromatic carbocycles. The number of hydrogen-bond acceptors (Lipinski definition) is 9. The van der Waals surface area contributed by atoms with E-state index >= 15 is 0 Å². The maximum Gasteiger partial charge on any atom is 0.472 e. The Labute approximate surface area is 310 Å². The molecule has 3 N–H and O–H groups in total. The van der Waals surface area contributed by atoms with Gasteiger partial charge in [-0.15, -0.1) is 0 Å².